The van der Waals surface area contributed by atoms with Gasteiger partial charge in [0, 0.05) is 37.8 Å². The Morgan fingerprint density at radius 2 is 1.73 bits per heavy atom. The molecule has 0 aromatic heterocycles. The molecule has 3 heteroatoms. The Morgan fingerprint density at radius 1 is 1.20 bits per heavy atom. The SMILES string of the molecule is CNC(C(C)C)C(C)(C)N1CCNCC1. The molecule has 1 aliphatic rings. The predicted molar refractivity (Wildman–Crippen MR) is 66.2 cm³/mol. The second kappa shape index (κ2) is 5.28. The van der Waals surface area contributed by atoms with Crippen LogP contribution < -0.4 is 10.6 Å². The molecule has 0 bridgehead atoms. The third-order valence-electron chi connectivity index (χ3n) is 3.67. The predicted octanol–water partition coefficient (Wildman–Crippen LogP) is 0.914. The van der Waals surface area contributed by atoms with Crippen molar-refractivity contribution >= 4 is 0 Å². The molecule has 90 valence electrons. The Morgan fingerprint density at radius 3 is 2.13 bits per heavy atom. The lowest BCUT2D eigenvalue weighted by Gasteiger charge is -2.47. The summed E-state index contributed by atoms with van der Waals surface area (Å²) in [6.07, 6.45) is 0. The molecule has 0 spiro atoms. The van der Waals surface area contributed by atoms with Crippen LogP contribution in [0, 0.1) is 5.92 Å². The van der Waals surface area contributed by atoms with E-state index in [4.69, 9.17) is 0 Å². The lowest BCUT2D eigenvalue weighted by molar-refractivity contribution is 0.0544. The van der Waals surface area contributed by atoms with E-state index in [1.165, 1.54) is 0 Å². The second-order valence-corrected chi connectivity index (χ2v) is 5.40. The zero-order valence-electron chi connectivity index (χ0n) is 10.9. The summed E-state index contributed by atoms with van der Waals surface area (Å²) in [5.41, 5.74) is 0.241. The maximum Gasteiger partial charge on any atom is 0.0309 e. The molecule has 1 aliphatic heterocycles. The van der Waals surface area contributed by atoms with Crippen LogP contribution in [0.5, 0.6) is 0 Å². The van der Waals surface area contributed by atoms with E-state index in [1.54, 1.807) is 0 Å². The number of hydrogen-bond donors (Lipinski definition) is 2. The molecule has 1 fully saturated rings. The quantitative estimate of drug-likeness (QED) is 0.727. The zero-order valence-corrected chi connectivity index (χ0v) is 10.9. The first-order valence-electron chi connectivity index (χ1n) is 6.13. The maximum atomic E-state index is 3.48. The van der Waals surface area contributed by atoms with Gasteiger partial charge < -0.3 is 10.6 Å². The van der Waals surface area contributed by atoms with Crippen molar-refractivity contribution in [1.29, 1.82) is 0 Å². The summed E-state index contributed by atoms with van der Waals surface area (Å²) in [6.45, 7) is 13.9. The highest BCUT2D eigenvalue weighted by atomic mass is 15.3. The van der Waals surface area contributed by atoms with Crippen molar-refractivity contribution in [3.8, 4) is 0 Å². The fraction of sp³-hybridized carbons (Fsp3) is 1.00. The number of piperazine rings is 1. The third kappa shape index (κ3) is 2.92. The van der Waals surface area contributed by atoms with Crippen molar-refractivity contribution in [3.63, 3.8) is 0 Å². The van der Waals surface area contributed by atoms with Crippen molar-refractivity contribution in [2.24, 2.45) is 5.92 Å². The van der Waals surface area contributed by atoms with Gasteiger partial charge in [0.2, 0.25) is 0 Å². The summed E-state index contributed by atoms with van der Waals surface area (Å²) in [5, 5.41) is 6.89. The van der Waals surface area contributed by atoms with E-state index < -0.39 is 0 Å². The monoisotopic (exact) mass is 213 g/mol. The van der Waals surface area contributed by atoms with E-state index in [0.717, 1.165) is 26.2 Å². The fourth-order valence-corrected chi connectivity index (χ4v) is 2.94. The number of nitrogens with one attached hydrogen (secondary N) is 2. The van der Waals surface area contributed by atoms with Crippen LogP contribution in [0.25, 0.3) is 0 Å². The van der Waals surface area contributed by atoms with Crippen LogP contribution in [0.1, 0.15) is 27.7 Å². The highest BCUT2D eigenvalue weighted by molar-refractivity contribution is 4.95. The van der Waals surface area contributed by atoms with Gasteiger partial charge in [-0.1, -0.05) is 13.8 Å². The normalized spacial score (nSPS) is 22.0. The summed E-state index contributed by atoms with van der Waals surface area (Å²) < 4.78 is 0. The van der Waals surface area contributed by atoms with E-state index in [9.17, 15) is 0 Å². The fourth-order valence-electron chi connectivity index (χ4n) is 2.94. The average molecular weight is 213 g/mol. The number of rotatable bonds is 4. The molecule has 0 radical (unpaired) electrons. The molecule has 1 heterocycles. The van der Waals surface area contributed by atoms with Crippen LogP contribution in [-0.4, -0.2) is 49.7 Å². The van der Waals surface area contributed by atoms with Gasteiger partial charge in [-0.25, -0.2) is 0 Å². The van der Waals surface area contributed by atoms with Gasteiger partial charge in [-0.05, 0) is 26.8 Å². The third-order valence-corrected chi connectivity index (χ3v) is 3.67. The van der Waals surface area contributed by atoms with E-state index in [2.05, 4.69) is 50.3 Å². The van der Waals surface area contributed by atoms with Crippen LogP contribution >= 0.6 is 0 Å². The molecule has 15 heavy (non-hydrogen) atoms. The average Bonchev–Trinajstić information content (AvgIpc) is 2.19. The molecule has 0 aromatic rings. The first-order valence-corrected chi connectivity index (χ1v) is 6.13. The lowest BCUT2D eigenvalue weighted by atomic mass is 9.84. The Kier molecular flexibility index (Phi) is 4.56. The Balaban J connectivity index is 2.68. The Bertz CT molecular complexity index is 183. The van der Waals surface area contributed by atoms with Gasteiger partial charge in [-0.2, -0.15) is 0 Å². The van der Waals surface area contributed by atoms with Crippen LogP contribution in [-0.2, 0) is 0 Å². The molecule has 0 aromatic carbocycles. The Hall–Kier alpha value is -0.120. The van der Waals surface area contributed by atoms with E-state index in [0.29, 0.717) is 12.0 Å². The molecule has 0 amide bonds. The van der Waals surface area contributed by atoms with Crippen molar-refractivity contribution in [2.45, 2.75) is 39.3 Å². The second-order valence-electron chi connectivity index (χ2n) is 5.40. The highest BCUT2D eigenvalue weighted by Crippen LogP contribution is 2.24. The molecular formula is C12H27N3. The summed E-state index contributed by atoms with van der Waals surface area (Å²) in [4.78, 5) is 2.60. The largest absolute Gasteiger partial charge is 0.315 e. The van der Waals surface area contributed by atoms with Crippen molar-refractivity contribution in [1.82, 2.24) is 15.5 Å². The van der Waals surface area contributed by atoms with Gasteiger partial charge in [0.05, 0.1) is 0 Å². The van der Waals surface area contributed by atoms with Crippen LogP contribution in [0.15, 0.2) is 0 Å². The van der Waals surface area contributed by atoms with Crippen molar-refractivity contribution in [2.75, 3.05) is 33.2 Å². The minimum Gasteiger partial charge on any atom is -0.315 e. The van der Waals surface area contributed by atoms with Gasteiger partial charge in [-0.3, -0.25) is 4.90 Å². The first-order chi connectivity index (χ1) is 7.00. The minimum absolute atomic E-state index is 0.241. The standard InChI is InChI=1S/C12H27N3/c1-10(2)11(13-5)12(3,4)15-8-6-14-7-9-15/h10-11,13-14H,6-9H2,1-5H3. The van der Waals surface area contributed by atoms with Crippen LogP contribution in [0.3, 0.4) is 0 Å². The van der Waals surface area contributed by atoms with Gasteiger partial charge in [0.25, 0.3) is 0 Å². The molecule has 0 aliphatic carbocycles. The van der Waals surface area contributed by atoms with Crippen LogP contribution in [0.2, 0.25) is 0 Å². The van der Waals surface area contributed by atoms with Crippen LogP contribution in [0.4, 0.5) is 0 Å². The van der Waals surface area contributed by atoms with Gasteiger partial charge >= 0.3 is 0 Å². The number of likely N-dealkylation sites (N-methyl/N-ethyl adjacent to an activating group) is 1. The highest BCUT2D eigenvalue weighted by Gasteiger charge is 2.36. The van der Waals surface area contributed by atoms with Gasteiger partial charge in [-0.15, -0.1) is 0 Å². The number of hydrogen-bond acceptors (Lipinski definition) is 3. The van der Waals surface area contributed by atoms with E-state index in [1.807, 2.05) is 0 Å². The summed E-state index contributed by atoms with van der Waals surface area (Å²) in [6, 6.07) is 0.551. The lowest BCUT2D eigenvalue weighted by Crippen LogP contribution is -2.62. The minimum atomic E-state index is 0.241. The topological polar surface area (TPSA) is 27.3 Å². The molecule has 1 unspecified atom stereocenters. The molecule has 3 nitrogen and oxygen atoms in total. The Labute approximate surface area is 94.6 Å². The summed E-state index contributed by atoms with van der Waals surface area (Å²) in [5.74, 6) is 0.667. The molecular weight excluding hydrogens is 186 g/mol. The van der Waals surface area contributed by atoms with Gasteiger partial charge in [0.15, 0.2) is 0 Å². The molecule has 1 rings (SSSR count). The van der Waals surface area contributed by atoms with Gasteiger partial charge in [0.1, 0.15) is 0 Å². The zero-order chi connectivity index (χ0) is 11.5. The first kappa shape index (κ1) is 12.9. The van der Waals surface area contributed by atoms with Crippen molar-refractivity contribution < 1.29 is 0 Å². The van der Waals surface area contributed by atoms with E-state index in [-0.39, 0.29) is 5.54 Å². The molecule has 2 N–H and O–H groups in total. The summed E-state index contributed by atoms with van der Waals surface area (Å²) >= 11 is 0. The van der Waals surface area contributed by atoms with E-state index >= 15 is 0 Å². The number of nitrogens with zero attached hydrogens (tertiary/aromatic N) is 1. The molecule has 1 saturated heterocycles. The summed E-state index contributed by atoms with van der Waals surface area (Å²) in [7, 11) is 2.08. The maximum absolute atomic E-state index is 3.48. The molecule has 0 saturated carbocycles. The van der Waals surface area contributed by atoms with Crippen molar-refractivity contribution in [3.05, 3.63) is 0 Å². The molecule has 1 atom stereocenters. The smallest absolute Gasteiger partial charge is 0.0309 e.